The highest BCUT2D eigenvalue weighted by Crippen LogP contribution is 2.24. The summed E-state index contributed by atoms with van der Waals surface area (Å²) >= 11 is 0. The minimum absolute atomic E-state index is 0.222. The van der Waals surface area contributed by atoms with Gasteiger partial charge in [0, 0.05) is 6.20 Å². The predicted octanol–water partition coefficient (Wildman–Crippen LogP) is 2.74. The van der Waals surface area contributed by atoms with E-state index in [2.05, 4.69) is 35.9 Å². The number of hydrogen-bond acceptors (Lipinski definition) is 5. The average molecular weight is 260 g/mol. The highest BCUT2D eigenvalue weighted by Gasteiger charge is 2.21. The van der Waals surface area contributed by atoms with Gasteiger partial charge >= 0.3 is 0 Å². The van der Waals surface area contributed by atoms with Crippen LogP contribution in [-0.4, -0.2) is 15.1 Å². The summed E-state index contributed by atoms with van der Waals surface area (Å²) in [6.07, 6.45) is 3.59. The van der Waals surface area contributed by atoms with Crippen molar-refractivity contribution >= 4 is 0 Å². The van der Waals surface area contributed by atoms with E-state index in [0.29, 0.717) is 17.6 Å². The summed E-state index contributed by atoms with van der Waals surface area (Å²) < 4.78 is 5.28. The summed E-state index contributed by atoms with van der Waals surface area (Å²) in [5.74, 6) is 1.31. The normalized spacial score (nSPS) is 14.3. The monoisotopic (exact) mass is 260 g/mol. The molecule has 0 amide bonds. The molecule has 2 N–H and O–H groups in total. The number of nitrogens with two attached hydrogens (primary N) is 1. The molecule has 19 heavy (non-hydrogen) atoms. The van der Waals surface area contributed by atoms with E-state index in [0.717, 1.165) is 24.1 Å². The fourth-order valence-electron chi connectivity index (χ4n) is 1.89. The Bertz CT molecular complexity index is 538. The zero-order valence-corrected chi connectivity index (χ0v) is 11.6. The van der Waals surface area contributed by atoms with Crippen LogP contribution in [0.3, 0.4) is 0 Å². The molecule has 2 atom stereocenters. The third-order valence-corrected chi connectivity index (χ3v) is 3.47. The van der Waals surface area contributed by atoms with E-state index in [1.54, 1.807) is 6.20 Å². The Morgan fingerprint density at radius 2 is 2.16 bits per heavy atom. The van der Waals surface area contributed by atoms with Crippen LogP contribution in [0.15, 0.2) is 22.9 Å². The minimum atomic E-state index is -0.222. The lowest BCUT2D eigenvalue weighted by Crippen LogP contribution is -2.18. The van der Waals surface area contributed by atoms with Gasteiger partial charge in [0.25, 0.3) is 0 Å². The Hall–Kier alpha value is -1.75. The molecule has 0 bridgehead atoms. The van der Waals surface area contributed by atoms with E-state index in [4.69, 9.17) is 10.3 Å². The lowest BCUT2D eigenvalue weighted by atomic mass is 10.0. The number of rotatable bonds is 5. The highest BCUT2D eigenvalue weighted by atomic mass is 16.5. The quantitative estimate of drug-likeness (QED) is 0.894. The van der Waals surface area contributed by atoms with E-state index in [-0.39, 0.29) is 6.04 Å². The van der Waals surface area contributed by atoms with Crippen LogP contribution in [0.2, 0.25) is 0 Å². The molecule has 0 aliphatic rings. The van der Waals surface area contributed by atoms with Crippen LogP contribution >= 0.6 is 0 Å². The summed E-state index contributed by atoms with van der Waals surface area (Å²) in [7, 11) is 0. The molecule has 0 saturated carbocycles. The van der Waals surface area contributed by atoms with Crippen molar-refractivity contribution < 1.29 is 4.52 Å². The molecule has 0 spiro atoms. The molecule has 2 unspecified atom stereocenters. The average Bonchev–Trinajstić information content (AvgIpc) is 2.95. The van der Waals surface area contributed by atoms with Crippen LogP contribution in [0.4, 0.5) is 0 Å². The van der Waals surface area contributed by atoms with Crippen LogP contribution in [-0.2, 0) is 6.42 Å². The molecule has 0 aliphatic carbocycles. The van der Waals surface area contributed by atoms with Crippen LogP contribution in [0.1, 0.15) is 44.7 Å². The third kappa shape index (κ3) is 2.81. The van der Waals surface area contributed by atoms with Crippen molar-refractivity contribution in [3.63, 3.8) is 0 Å². The van der Waals surface area contributed by atoms with Crippen molar-refractivity contribution in [2.24, 2.45) is 11.7 Å². The van der Waals surface area contributed by atoms with Crippen molar-refractivity contribution in [1.82, 2.24) is 15.1 Å². The van der Waals surface area contributed by atoms with Gasteiger partial charge in [0.2, 0.25) is 11.7 Å². The molecule has 0 aromatic carbocycles. The fourth-order valence-corrected chi connectivity index (χ4v) is 1.89. The molecular formula is C14H20N4O. The summed E-state index contributed by atoms with van der Waals surface area (Å²) in [6.45, 7) is 6.24. The second-order valence-electron chi connectivity index (χ2n) is 4.73. The zero-order chi connectivity index (χ0) is 13.8. The largest absolute Gasteiger partial charge is 0.337 e. The Labute approximate surface area is 113 Å². The fraction of sp³-hybridized carbons (Fsp3) is 0.500. The first-order chi connectivity index (χ1) is 9.17. The molecule has 0 aliphatic heterocycles. The molecule has 0 fully saturated rings. The van der Waals surface area contributed by atoms with Crippen molar-refractivity contribution in [3.8, 4) is 11.5 Å². The molecule has 5 heteroatoms. The number of aryl methyl sites for hydroxylation is 1. The van der Waals surface area contributed by atoms with Crippen molar-refractivity contribution in [1.29, 1.82) is 0 Å². The van der Waals surface area contributed by atoms with Gasteiger partial charge in [-0.3, -0.25) is 4.98 Å². The Morgan fingerprint density at radius 1 is 1.37 bits per heavy atom. The third-order valence-electron chi connectivity index (χ3n) is 3.47. The second-order valence-corrected chi connectivity index (χ2v) is 4.73. The Morgan fingerprint density at radius 3 is 2.84 bits per heavy atom. The maximum atomic E-state index is 6.09. The van der Waals surface area contributed by atoms with Crippen molar-refractivity contribution in [2.45, 2.75) is 39.7 Å². The number of nitrogens with zero attached hydrogens (tertiary/aromatic N) is 3. The second kappa shape index (κ2) is 5.93. The van der Waals surface area contributed by atoms with Gasteiger partial charge in [0.1, 0.15) is 5.69 Å². The van der Waals surface area contributed by atoms with Crippen LogP contribution in [0, 0.1) is 5.92 Å². The van der Waals surface area contributed by atoms with Gasteiger partial charge in [0.15, 0.2) is 0 Å². The first-order valence-corrected chi connectivity index (χ1v) is 6.70. The number of aromatic nitrogens is 3. The lowest BCUT2D eigenvalue weighted by molar-refractivity contribution is 0.312. The molecule has 0 saturated heterocycles. The van der Waals surface area contributed by atoms with E-state index in [1.165, 1.54) is 0 Å². The van der Waals surface area contributed by atoms with E-state index in [1.807, 2.05) is 12.1 Å². The molecule has 5 nitrogen and oxygen atoms in total. The SMILES string of the molecule is CCc1cccnc1-c1noc(C(N)C(C)CC)n1. The molecule has 2 aromatic heterocycles. The van der Waals surface area contributed by atoms with Gasteiger partial charge in [-0.15, -0.1) is 0 Å². The Balaban J connectivity index is 2.30. The van der Waals surface area contributed by atoms with Crippen molar-refractivity contribution in [2.75, 3.05) is 0 Å². The molecule has 2 aromatic rings. The topological polar surface area (TPSA) is 77.8 Å². The first-order valence-electron chi connectivity index (χ1n) is 6.70. The number of pyridine rings is 1. The molecule has 2 heterocycles. The van der Waals surface area contributed by atoms with Gasteiger partial charge in [-0.2, -0.15) is 4.98 Å². The van der Waals surface area contributed by atoms with Gasteiger partial charge < -0.3 is 10.3 Å². The minimum Gasteiger partial charge on any atom is -0.337 e. The first kappa shape index (κ1) is 13.7. The van der Waals surface area contributed by atoms with Gasteiger partial charge in [-0.1, -0.05) is 38.4 Å². The maximum absolute atomic E-state index is 6.09. The van der Waals surface area contributed by atoms with Crippen LogP contribution < -0.4 is 5.73 Å². The summed E-state index contributed by atoms with van der Waals surface area (Å²) in [4.78, 5) is 8.72. The van der Waals surface area contributed by atoms with Crippen LogP contribution in [0.25, 0.3) is 11.5 Å². The van der Waals surface area contributed by atoms with Gasteiger partial charge in [-0.05, 0) is 24.0 Å². The van der Waals surface area contributed by atoms with E-state index in [9.17, 15) is 0 Å². The standard InChI is InChI=1S/C14H20N4O/c1-4-9(3)11(15)14-17-13(18-19-14)12-10(5-2)7-6-8-16-12/h6-9,11H,4-5,15H2,1-3H3. The predicted molar refractivity (Wildman–Crippen MR) is 73.3 cm³/mol. The smallest absolute Gasteiger partial charge is 0.244 e. The molecule has 102 valence electrons. The number of hydrogen-bond donors (Lipinski definition) is 1. The maximum Gasteiger partial charge on any atom is 0.244 e. The summed E-state index contributed by atoms with van der Waals surface area (Å²) in [5.41, 5.74) is 7.97. The van der Waals surface area contributed by atoms with Gasteiger partial charge in [-0.25, -0.2) is 0 Å². The molecular weight excluding hydrogens is 240 g/mol. The molecule has 0 radical (unpaired) electrons. The zero-order valence-electron chi connectivity index (χ0n) is 11.6. The van der Waals surface area contributed by atoms with Gasteiger partial charge in [0.05, 0.1) is 6.04 Å². The summed E-state index contributed by atoms with van der Waals surface area (Å²) in [6, 6.07) is 3.71. The van der Waals surface area contributed by atoms with Crippen LogP contribution in [0.5, 0.6) is 0 Å². The van der Waals surface area contributed by atoms with E-state index >= 15 is 0 Å². The lowest BCUT2D eigenvalue weighted by Gasteiger charge is -2.12. The van der Waals surface area contributed by atoms with E-state index < -0.39 is 0 Å². The Kier molecular flexibility index (Phi) is 4.27. The van der Waals surface area contributed by atoms with Crippen molar-refractivity contribution in [3.05, 3.63) is 29.8 Å². The molecule has 2 rings (SSSR count). The highest BCUT2D eigenvalue weighted by molar-refractivity contribution is 5.53. The summed E-state index contributed by atoms with van der Waals surface area (Å²) in [5, 5.41) is 4.00.